The summed E-state index contributed by atoms with van der Waals surface area (Å²) in [5.74, 6) is 0.535. The Morgan fingerprint density at radius 2 is 2.06 bits per heavy atom. The van der Waals surface area contributed by atoms with E-state index in [1.165, 1.54) is 0 Å². The van der Waals surface area contributed by atoms with Crippen molar-refractivity contribution >= 4 is 40.6 Å². The van der Waals surface area contributed by atoms with Crippen LogP contribution in [0, 0.1) is 0 Å². The molecular weight excluding hydrogens is 295 g/mol. The molecule has 4 nitrogen and oxygen atoms in total. The van der Waals surface area contributed by atoms with Gasteiger partial charge in [0.1, 0.15) is 11.0 Å². The molecule has 2 aromatic heterocycles. The number of hydrogen-bond donors (Lipinski definition) is 1. The Labute approximate surface area is 120 Å². The number of aromatic nitrogens is 3. The Morgan fingerprint density at radius 3 is 2.72 bits per heavy atom. The molecule has 0 aliphatic rings. The topological polar surface area (TPSA) is 42.7 Å². The van der Waals surface area contributed by atoms with Crippen molar-refractivity contribution < 1.29 is 0 Å². The summed E-state index contributed by atoms with van der Waals surface area (Å²) in [5, 5.41) is 8.25. The van der Waals surface area contributed by atoms with E-state index in [0.717, 1.165) is 12.1 Å². The minimum absolute atomic E-state index is 0.240. The molecule has 0 amide bonds. The maximum Gasteiger partial charge on any atom is 0.150 e. The Kier molecular flexibility index (Phi) is 4.32. The van der Waals surface area contributed by atoms with Crippen LogP contribution < -0.4 is 5.32 Å². The van der Waals surface area contributed by atoms with Gasteiger partial charge in [0.05, 0.1) is 10.0 Å². The first-order valence-electron chi connectivity index (χ1n) is 5.30. The molecule has 0 bridgehead atoms. The number of anilines is 1. The zero-order chi connectivity index (χ0) is 13.1. The average molecular weight is 306 g/mol. The summed E-state index contributed by atoms with van der Waals surface area (Å²) in [4.78, 5) is 4.08. The van der Waals surface area contributed by atoms with Crippen molar-refractivity contribution in [1.82, 2.24) is 14.8 Å². The van der Waals surface area contributed by atoms with E-state index in [9.17, 15) is 0 Å². The van der Waals surface area contributed by atoms with Crippen LogP contribution in [0.2, 0.25) is 15.2 Å². The minimum atomic E-state index is 0.240. The van der Waals surface area contributed by atoms with Crippen LogP contribution in [0.3, 0.4) is 0 Å². The molecular formula is C11H11Cl3N4. The summed E-state index contributed by atoms with van der Waals surface area (Å²) >= 11 is 17.6. The summed E-state index contributed by atoms with van der Waals surface area (Å²) < 4.78 is 1.82. The molecule has 96 valence electrons. The Morgan fingerprint density at radius 1 is 1.28 bits per heavy atom. The first kappa shape index (κ1) is 13.5. The van der Waals surface area contributed by atoms with E-state index < -0.39 is 0 Å². The van der Waals surface area contributed by atoms with Gasteiger partial charge in [0.2, 0.25) is 0 Å². The predicted octanol–water partition coefficient (Wildman–Crippen LogP) is 3.43. The van der Waals surface area contributed by atoms with E-state index in [1.807, 2.05) is 17.8 Å². The van der Waals surface area contributed by atoms with E-state index in [4.69, 9.17) is 34.8 Å². The van der Waals surface area contributed by atoms with Crippen LogP contribution in [0.4, 0.5) is 5.82 Å². The minimum Gasteiger partial charge on any atom is -0.368 e. The molecule has 0 unspecified atom stereocenters. The highest BCUT2D eigenvalue weighted by Gasteiger charge is 2.07. The van der Waals surface area contributed by atoms with Crippen molar-refractivity contribution in [3.05, 3.63) is 39.2 Å². The lowest BCUT2D eigenvalue weighted by Gasteiger charge is -2.08. The van der Waals surface area contributed by atoms with Crippen molar-refractivity contribution in [2.75, 3.05) is 11.9 Å². The normalized spacial score (nSPS) is 10.7. The highest BCUT2D eigenvalue weighted by Crippen LogP contribution is 2.28. The van der Waals surface area contributed by atoms with Crippen molar-refractivity contribution in [1.29, 1.82) is 0 Å². The van der Waals surface area contributed by atoms with Crippen molar-refractivity contribution in [2.24, 2.45) is 7.05 Å². The number of halogens is 3. The molecule has 0 aromatic carbocycles. The van der Waals surface area contributed by atoms with Gasteiger partial charge >= 0.3 is 0 Å². The predicted molar refractivity (Wildman–Crippen MR) is 74.7 cm³/mol. The Balaban J connectivity index is 1.99. The van der Waals surface area contributed by atoms with E-state index >= 15 is 0 Å². The fraction of sp³-hybridized carbons (Fsp3) is 0.273. The van der Waals surface area contributed by atoms with Gasteiger partial charge in [0, 0.05) is 31.9 Å². The van der Waals surface area contributed by atoms with E-state index in [1.54, 1.807) is 12.3 Å². The van der Waals surface area contributed by atoms with Crippen molar-refractivity contribution in [2.45, 2.75) is 6.42 Å². The van der Waals surface area contributed by atoms with Crippen LogP contribution in [0.15, 0.2) is 18.3 Å². The lowest BCUT2D eigenvalue weighted by Crippen LogP contribution is -2.09. The van der Waals surface area contributed by atoms with Gasteiger partial charge in [0.25, 0.3) is 0 Å². The van der Waals surface area contributed by atoms with Crippen LogP contribution in [0.1, 0.15) is 5.69 Å². The maximum atomic E-state index is 6.01. The Hall–Kier alpha value is -0.970. The average Bonchev–Trinajstić information content (AvgIpc) is 2.72. The van der Waals surface area contributed by atoms with Gasteiger partial charge in [0.15, 0.2) is 0 Å². The van der Waals surface area contributed by atoms with Gasteiger partial charge in [-0.2, -0.15) is 5.10 Å². The van der Waals surface area contributed by atoms with Gasteiger partial charge in [-0.15, -0.1) is 0 Å². The smallest absolute Gasteiger partial charge is 0.150 e. The highest BCUT2D eigenvalue weighted by molar-refractivity contribution is 6.42. The van der Waals surface area contributed by atoms with E-state index in [0.29, 0.717) is 22.4 Å². The third-order valence-corrected chi connectivity index (χ3v) is 3.44. The van der Waals surface area contributed by atoms with Crippen molar-refractivity contribution in [3.63, 3.8) is 0 Å². The van der Waals surface area contributed by atoms with E-state index in [-0.39, 0.29) is 5.15 Å². The van der Waals surface area contributed by atoms with Crippen LogP contribution >= 0.6 is 34.8 Å². The molecule has 2 aromatic rings. The molecule has 7 heteroatoms. The van der Waals surface area contributed by atoms with Gasteiger partial charge in [-0.25, -0.2) is 4.98 Å². The summed E-state index contributed by atoms with van der Waals surface area (Å²) in [5.41, 5.74) is 1.12. The molecule has 0 saturated heterocycles. The van der Waals surface area contributed by atoms with Gasteiger partial charge in [-0.1, -0.05) is 34.8 Å². The molecule has 0 aliphatic carbocycles. The third kappa shape index (κ3) is 3.07. The first-order chi connectivity index (χ1) is 8.58. The largest absolute Gasteiger partial charge is 0.368 e. The quantitative estimate of drug-likeness (QED) is 0.880. The number of aryl methyl sites for hydroxylation is 1. The van der Waals surface area contributed by atoms with Crippen LogP contribution in [-0.2, 0) is 13.5 Å². The lowest BCUT2D eigenvalue weighted by atomic mass is 10.3. The van der Waals surface area contributed by atoms with Crippen LogP contribution in [0.5, 0.6) is 0 Å². The monoisotopic (exact) mass is 304 g/mol. The molecule has 2 rings (SSSR count). The summed E-state index contributed by atoms with van der Waals surface area (Å²) in [6.07, 6.45) is 2.58. The zero-order valence-corrected chi connectivity index (χ0v) is 11.9. The number of hydrogen-bond acceptors (Lipinski definition) is 3. The second-order valence-electron chi connectivity index (χ2n) is 3.71. The number of nitrogens with one attached hydrogen (secondary N) is 1. The molecule has 0 fully saturated rings. The molecule has 0 aliphatic heterocycles. The van der Waals surface area contributed by atoms with Crippen molar-refractivity contribution in [3.8, 4) is 0 Å². The fourth-order valence-electron chi connectivity index (χ4n) is 1.52. The highest BCUT2D eigenvalue weighted by atomic mass is 35.5. The van der Waals surface area contributed by atoms with Gasteiger partial charge < -0.3 is 5.32 Å². The first-order valence-corrected chi connectivity index (χ1v) is 6.43. The molecule has 2 heterocycles. The molecule has 0 spiro atoms. The molecule has 0 radical (unpaired) electrons. The van der Waals surface area contributed by atoms with Gasteiger partial charge in [-0.05, 0) is 12.1 Å². The Bertz CT molecular complexity index is 553. The molecule has 18 heavy (non-hydrogen) atoms. The van der Waals surface area contributed by atoms with E-state index in [2.05, 4.69) is 15.4 Å². The second kappa shape index (κ2) is 5.78. The van der Waals surface area contributed by atoms with Crippen LogP contribution in [0.25, 0.3) is 0 Å². The summed E-state index contributed by atoms with van der Waals surface area (Å²) in [6.45, 7) is 0.685. The SMILES string of the molecule is Cn1nccc1CCNc1nc(Cl)c(Cl)cc1Cl. The summed E-state index contributed by atoms with van der Waals surface area (Å²) in [6, 6.07) is 3.54. The standard InChI is InChI=1S/C11H11Cl3N4/c1-18-7(3-5-16-18)2-4-15-11-9(13)6-8(12)10(14)17-11/h3,5-6H,2,4H2,1H3,(H,15,17). The molecule has 0 saturated carbocycles. The number of pyridine rings is 1. The second-order valence-corrected chi connectivity index (χ2v) is 4.89. The lowest BCUT2D eigenvalue weighted by molar-refractivity contribution is 0.711. The zero-order valence-electron chi connectivity index (χ0n) is 9.62. The maximum absolute atomic E-state index is 6.01. The van der Waals surface area contributed by atoms with Crippen LogP contribution in [-0.4, -0.2) is 21.3 Å². The number of nitrogens with zero attached hydrogens (tertiary/aromatic N) is 3. The fourth-order valence-corrected chi connectivity index (χ4v) is 2.09. The molecule has 1 N–H and O–H groups in total. The third-order valence-electron chi connectivity index (χ3n) is 2.48. The summed E-state index contributed by atoms with van der Waals surface area (Å²) in [7, 11) is 1.90. The number of rotatable bonds is 4. The molecule has 0 atom stereocenters. The van der Waals surface area contributed by atoms with Gasteiger partial charge in [-0.3, -0.25) is 4.68 Å².